The molecule has 188 valence electrons. The monoisotopic (exact) mass is 495 g/mol. The van der Waals surface area contributed by atoms with Crippen LogP contribution in [0.15, 0.2) is 97.1 Å². The molecule has 1 N–H and O–H groups in total. The molecular formula is C31H29NO5. The van der Waals surface area contributed by atoms with Gasteiger partial charge in [-0.05, 0) is 52.1 Å². The Morgan fingerprint density at radius 1 is 0.811 bits per heavy atom. The zero-order chi connectivity index (χ0) is 25.6. The molecule has 0 radical (unpaired) electrons. The molecule has 0 bridgehead atoms. The van der Waals surface area contributed by atoms with E-state index < -0.39 is 6.09 Å². The van der Waals surface area contributed by atoms with Crippen LogP contribution in [-0.2, 0) is 22.7 Å². The predicted molar refractivity (Wildman–Crippen MR) is 141 cm³/mol. The molecule has 2 atom stereocenters. The molecule has 37 heavy (non-hydrogen) atoms. The zero-order valence-electron chi connectivity index (χ0n) is 20.5. The van der Waals surface area contributed by atoms with E-state index in [4.69, 9.17) is 9.47 Å². The van der Waals surface area contributed by atoms with E-state index in [2.05, 4.69) is 30.3 Å². The summed E-state index contributed by atoms with van der Waals surface area (Å²) in [7, 11) is 0. The largest absolute Gasteiger partial charge is 0.465 e. The molecule has 6 heteroatoms. The molecule has 4 aromatic rings. The van der Waals surface area contributed by atoms with Crippen LogP contribution in [0.4, 0.5) is 4.79 Å². The van der Waals surface area contributed by atoms with E-state index in [9.17, 15) is 14.7 Å². The number of carbonyl (C=O) groups excluding carboxylic acids is 1. The normalized spacial score (nSPS) is 17.5. The summed E-state index contributed by atoms with van der Waals surface area (Å²) >= 11 is 0. The van der Waals surface area contributed by atoms with Crippen LogP contribution in [0.25, 0.3) is 10.8 Å². The number of carbonyl (C=O) groups is 2. The van der Waals surface area contributed by atoms with Gasteiger partial charge in [0.1, 0.15) is 6.61 Å². The number of fused-ring (bicyclic) bond motifs is 1. The van der Waals surface area contributed by atoms with Gasteiger partial charge in [-0.15, -0.1) is 0 Å². The lowest BCUT2D eigenvalue weighted by Gasteiger charge is -2.37. The van der Waals surface area contributed by atoms with Crippen molar-refractivity contribution in [1.82, 2.24) is 4.90 Å². The highest BCUT2D eigenvalue weighted by molar-refractivity contribution is 5.89. The van der Waals surface area contributed by atoms with Crippen molar-refractivity contribution >= 4 is 22.8 Å². The standard InChI is InChI=1S/C31H29NO5/c33-30(26-7-2-1-3-8-26)37-20-22-10-14-25(15-11-22)28-16-17-32(31(34)35)19-29(28)36-21-23-12-13-24-6-4-5-9-27(24)18-23/h1-15,18,28-29H,16-17,19-21H2,(H,34,35). The molecule has 1 aliphatic heterocycles. The molecule has 0 saturated carbocycles. The fourth-order valence-corrected chi connectivity index (χ4v) is 4.84. The van der Waals surface area contributed by atoms with E-state index in [1.165, 1.54) is 10.3 Å². The number of amides is 1. The van der Waals surface area contributed by atoms with Crippen molar-refractivity contribution in [3.63, 3.8) is 0 Å². The Bertz CT molecular complexity index is 1370. The molecule has 6 nitrogen and oxygen atoms in total. The Hall–Kier alpha value is -4.16. The minimum Gasteiger partial charge on any atom is -0.465 e. The maximum atomic E-state index is 12.2. The van der Waals surface area contributed by atoms with Crippen molar-refractivity contribution in [2.45, 2.75) is 31.7 Å². The van der Waals surface area contributed by atoms with Crippen LogP contribution in [0.5, 0.6) is 0 Å². The minimum atomic E-state index is -0.923. The first kappa shape index (κ1) is 24.5. The van der Waals surface area contributed by atoms with Gasteiger partial charge in [0.2, 0.25) is 0 Å². The molecule has 0 aliphatic carbocycles. The first-order chi connectivity index (χ1) is 18.1. The van der Waals surface area contributed by atoms with Crippen LogP contribution in [0, 0.1) is 0 Å². The minimum absolute atomic E-state index is 0.0666. The van der Waals surface area contributed by atoms with Crippen LogP contribution < -0.4 is 0 Å². The van der Waals surface area contributed by atoms with Gasteiger partial charge >= 0.3 is 12.1 Å². The average molecular weight is 496 g/mol. The second-order valence-corrected chi connectivity index (χ2v) is 9.34. The first-order valence-electron chi connectivity index (χ1n) is 12.4. The summed E-state index contributed by atoms with van der Waals surface area (Å²) in [4.78, 5) is 25.3. The van der Waals surface area contributed by atoms with Crippen LogP contribution >= 0.6 is 0 Å². The fourth-order valence-electron chi connectivity index (χ4n) is 4.84. The maximum absolute atomic E-state index is 12.2. The molecule has 1 heterocycles. The Morgan fingerprint density at radius 3 is 2.27 bits per heavy atom. The van der Waals surface area contributed by atoms with Crippen LogP contribution in [-0.4, -0.2) is 41.3 Å². The highest BCUT2D eigenvalue weighted by atomic mass is 16.5. The summed E-state index contributed by atoms with van der Waals surface area (Å²) in [6.07, 6.45) is -0.511. The predicted octanol–water partition coefficient (Wildman–Crippen LogP) is 6.25. The number of nitrogens with zero attached hydrogens (tertiary/aromatic N) is 1. The number of rotatable bonds is 7. The number of carboxylic acid groups (broad SMARTS) is 1. The van der Waals surface area contributed by atoms with E-state index in [1.54, 1.807) is 24.3 Å². The van der Waals surface area contributed by atoms with Crippen molar-refractivity contribution < 1.29 is 24.2 Å². The van der Waals surface area contributed by atoms with Gasteiger partial charge in [-0.2, -0.15) is 0 Å². The van der Waals surface area contributed by atoms with Gasteiger partial charge in [0.05, 0.1) is 24.8 Å². The van der Waals surface area contributed by atoms with E-state index in [0.29, 0.717) is 31.7 Å². The van der Waals surface area contributed by atoms with E-state index in [0.717, 1.165) is 22.1 Å². The number of ether oxygens (including phenoxy) is 2. The molecule has 5 rings (SSSR count). The van der Waals surface area contributed by atoms with Crippen molar-refractivity contribution in [2.24, 2.45) is 0 Å². The molecule has 2 unspecified atom stereocenters. The lowest BCUT2D eigenvalue weighted by Crippen LogP contribution is -2.46. The Balaban J connectivity index is 1.25. The Labute approximate surface area is 216 Å². The van der Waals surface area contributed by atoms with E-state index in [1.807, 2.05) is 42.5 Å². The summed E-state index contributed by atoms with van der Waals surface area (Å²) < 4.78 is 11.8. The van der Waals surface area contributed by atoms with Gasteiger partial charge < -0.3 is 19.5 Å². The first-order valence-corrected chi connectivity index (χ1v) is 12.4. The number of esters is 1. The van der Waals surface area contributed by atoms with Gasteiger partial charge in [0.25, 0.3) is 0 Å². The molecule has 1 amide bonds. The number of piperidine rings is 1. The number of benzene rings is 4. The second-order valence-electron chi connectivity index (χ2n) is 9.34. The SMILES string of the molecule is O=C(OCc1ccc(C2CCN(C(=O)O)CC2OCc2ccc3ccccc3c2)cc1)c1ccccc1. The summed E-state index contributed by atoms with van der Waals surface area (Å²) in [6.45, 7) is 1.39. The smallest absolute Gasteiger partial charge is 0.407 e. The highest BCUT2D eigenvalue weighted by Crippen LogP contribution is 2.32. The van der Waals surface area contributed by atoms with Gasteiger partial charge in [-0.25, -0.2) is 9.59 Å². The number of likely N-dealkylation sites (tertiary alicyclic amines) is 1. The van der Waals surface area contributed by atoms with Crippen LogP contribution in [0.2, 0.25) is 0 Å². The fraction of sp³-hybridized carbons (Fsp3) is 0.226. The molecule has 1 saturated heterocycles. The highest BCUT2D eigenvalue weighted by Gasteiger charge is 2.33. The second kappa shape index (κ2) is 11.3. The molecule has 4 aromatic carbocycles. The summed E-state index contributed by atoms with van der Waals surface area (Å²) in [5.41, 5.74) is 3.56. The lowest BCUT2D eigenvalue weighted by atomic mass is 9.86. The third-order valence-electron chi connectivity index (χ3n) is 6.89. The topological polar surface area (TPSA) is 76.1 Å². The van der Waals surface area contributed by atoms with E-state index >= 15 is 0 Å². The number of hydrogen-bond acceptors (Lipinski definition) is 4. The van der Waals surface area contributed by atoms with Gasteiger partial charge in [0.15, 0.2) is 0 Å². The van der Waals surface area contributed by atoms with Crippen molar-refractivity contribution in [3.8, 4) is 0 Å². The van der Waals surface area contributed by atoms with E-state index in [-0.39, 0.29) is 24.6 Å². The van der Waals surface area contributed by atoms with Crippen molar-refractivity contribution in [2.75, 3.05) is 13.1 Å². The zero-order valence-corrected chi connectivity index (χ0v) is 20.5. The van der Waals surface area contributed by atoms with Gasteiger partial charge in [0, 0.05) is 12.5 Å². The quantitative estimate of drug-likeness (QED) is 0.307. The van der Waals surface area contributed by atoms with Gasteiger partial charge in [-0.1, -0.05) is 78.9 Å². The third-order valence-corrected chi connectivity index (χ3v) is 6.89. The third kappa shape index (κ3) is 5.98. The Kier molecular flexibility index (Phi) is 7.47. The maximum Gasteiger partial charge on any atom is 0.407 e. The molecule has 1 fully saturated rings. The summed E-state index contributed by atoms with van der Waals surface area (Å²) in [5.74, 6) is -0.287. The molecule has 1 aliphatic rings. The number of hydrogen-bond donors (Lipinski definition) is 1. The van der Waals surface area contributed by atoms with Crippen LogP contribution in [0.1, 0.15) is 39.4 Å². The van der Waals surface area contributed by atoms with Crippen molar-refractivity contribution in [1.29, 1.82) is 0 Å². The average Bonchev–Trinajstić information content (AvgIpc) is 2.95. The molecular weight excluding hydrogens is 466 g/mol. The van der Waals surface area contributed by atoms with Crippen LogP contribution in [0.3, 0.4) is 0 Å². The molecule has 0 spiro atoms. The Morgan fingerprint density at radius 2 is 1.51 bits per heavy atom. The van der Waals surface area contributed by atoms with Crippen molar-refractivity contribution in [3.05, 3.63) is 119 Å². The lowest BCUT2D eigenvalue weighted by molar-refractivity contribution is -0.0199. The molecule has 0 aromatic heterocycles. The van der Waals surface area contributed by atoms with Gasteiger partial charge in [-0.3, -0.25) is 0 Å². The summed E-state index contributed by atoms with van der Waals surface area (Å²) in [6, 6.07) is 31.3. The summed E-state index contributed by atoms with van der Waals surface area (Å²) in [5, 5.41) is 11.9.